The van der Waals surface area contributed by atoms with Crippen LogP contribution < -0.4 is 4.74 Å². The quantitative estimate of drug-likeness (QED) is 0.235. The molecule has 2 heterocycles. The van der Waals surface area contributed by atoms with Crippen LogP contribution >= 0.6 is 15.9 Å². The van der Waals surface area contributed by atoms with Crippen molar-refractivity contribution in [3.05, 3.63) is 99.3 Å². The zero-order valence-corrected chi connectivity index (χ0v) is 21.5. The summed E-state index contributed by atoms with van der Waals surface area (Å²) in [5.74, 6) is -0.501. The SMILES string of the molecule is Cc1cc(OCC(C)C)ccc1C(O)=C1C(=O)C(=O)N(Cc2cccnc2)C1c1cccc(Br)c1. The standard InChI is InChI=1S/C28H27BrN2O4/c1-17(2)16-35-22-9-10-23(18(3)12-22)26(32)24-25(20-7-4-8-21(29)13-20)31(28(34)27(24)33)15-19-6-5-11-30-14-19/h4-14,17,25,32H,15-16H2,1-3H3. The first-order chi connectivity index (χ1) is 16.8. The van der Waals surface area contributed by atoms with Gasteiger partial charge in [-0.2, -0.15) is 0 Å². The van der Waals surface area contributed by atoms with Gasteiger partial charge in [-0.15, -0.1) is 0 Å². The van der Waals surface area contributed by atoms with Crippen molar-refractivity contribution in [2.24, 2.45) is 5.92 Å². The molecule has 4 rings (SSSR count). The number of aliphatic hydroxyl groups excluding tert-OH is 1. The van der Waals surface area contributed by atoms with Crippen molar-refractivity contribution in [3.8, 4) is 5.75 Å². The summed E-state index contributed by atoms with van der Waals surface area (Å²) in [6, 6.07) is 15.6. The van der Waals surface area contributed by atoms with E-state index in [1.54, 1.807) is 30.6 Å². The molecule has 1 aromatic heterocycles. The number of ether oxygens (including phenoxy) is 1. The van der Waals surface area contributed by atoms with Gasteiger partial charge < -0.3 is 14.7 Å². The van der Waals surface area contributed by atoms with E-state index < -0.39 is 17.7 Å². The Morgan fingerprint density at radius 1 is 1.14 bits per heavy atom. The smallest absolute Gasteiger partial charge is 0.295 e. The van der Waals surface area contributed by atoms with Gasteiger partial charge in [0, 0.05) is 29.0 Å². The maximum Gasteiger partial charge on any atom is 0.295 e. The molecule has 7 heteroatoms. The number of aryl methyl sites for hydroxylation is 1. The van der Waals surface area contributed by atoms with E-state index in [9.17, 15) is 14.7 Å². The summed E-state index contributed by atoms with van der Waals surface area (Å²) >= 11 is 3.48. The lowest BCUT2D eigenvalue weighted by Gasteiger charge is -2.25. The predicted molar refractivity (Wildman–Crippen MR) is 138 cm³/mol. The second-order valence-corrected chi connectivity index (χ2v) is 9.94. The fourth-order valence-corrected chi connectivity index (χ4v) is 4.57. The molecular formula is C28H27BrN2O4. The molecule has 0 aliphatic carbocycles. The Bertz CT molecular complexity index is 1290. The van der Waals surface area contributed by atoms with Crippen LogP contribution in [0.25, 0.3) is 5.76 Å². The Morgan fingerprint density at radius 3 is 2.60 bits per heavy atom. The molecule has 35 heavy (non-hydrogen) atoms. The minimum Gasteiger partial charge on any atom is -0.507 e. The van der Waals surface area contributed by atoms with Gasteiger partial charge in [0.2, 0.25) is 0 Å². The molecule has 2 aromatic carbocycles. The van der Waals surface area contributed by atoms with Crippen LogP contribution in [-0.2, 0) is 16.1 Å². The first kappa shape index (κ1) is 24.7. The van der Waals surface area contributed by atoms with Crippen LogP contribution in [0.15, 0.2) is 77.0 Å². The lowest BCUT2D eigenvalue weighted by molar-refractivity contribution is -0.140. The number of Topliss-reactive ketones (excluding diaryl/α,β-unsaturated/α-hetero) is 1. The van der Waals surface area contributed by atoms with Gasteiger partial charge in [-0.1, -0.05) is 48.0 Å². The zero-order chi connectivity index (χ0) is 25.1. The summed E-state index contributed by atoms with van der Waals surface area (Å²) < 4.78 is 6.61. The molecule has 1 N–H and O–H groups in total. The van der Waals surface area contributed by atoms with E-state index >= 15 is 0 Å². The van der Waals surface area contributed by atoms with Crippen LogP contribution in [0.2, 0.25) is 0 Å². The maximum absolute atomic E-state index is 13.3. The van der Waals surface area contributed by atoms with Gasteiger partial charge in [-0.05, 0) is 65.9 Å². The third-order valence-electron chi connectivity index (χ3n) is 5.82. The fraction of sp³-hybridized carbons (Fsp3) is 0.250. The van der Waals surface area contributed by atoms with Crippen LogP contribution in [0.3, 0.4) is 0 Å². The van der Waals surface area contributed by atoms with E-state index in [1.165, 1.54) is 4.90 Å². The minimum absolute atomic E-state index is 0.0657. The third-order valence-corrected chi connectivity index (χ3v) is 6.31. The van der Waals surface area contributed by atoms with Gasteiger partial charge in [-0.25, -0.2) is 0 Å². The predicted octanol–water partition coefficient (Wildman–Crippen LogP) is 5.81. The normalized spacial score (nSPS) is 17.3. The number of hydrogen-bond donors (Lipinski definition) is 1. The molecular weight excluding hydrogens is 508 g/mol. The number of likely N-dealkylation sites (tertiary alicyclic amines) is 1. The number of carbonyl (C=O) groups is 2. The summed E-state index contributed by atoms with van der Waals surface area (Å²) in [4.78, 5) is 32.1. The average molecular weight is 535 g/mol. The van der Waals surface area contributed by atoms with Gasteiger partial charge in [0.25, 0.3) is 11.7 Å². The number of amides is 1. The van der Waals surface area contributed by atoms with Crippen molar-refractivity contribution in [1.82, 2.24) is 9.88 Å². The molecule has 1 aliphatic heterocycles. The first-order valence-corrected chi connectivity index (χ1v) is 12.2. The molecule has 3 aromatic rings. The summed E-state index contributed by atoms with van der Waals surface area (Å²) in [7, 11) is 0. The van der Waals surface area contributed by atoms with Gasteiger partial charge in [-0.3, -0.25) is 14.6 Å². The van der Waals surface area contributed by atoms with E-state index in [2.05, 4.69) is 34.8 Å². The Kier molecular flexibility index (Phi) is 7.36. The molecule has 1 unspecified atom stereocenters. The minimum atomic E-state index is -0.746. The fourth-order valence-electron chi connectivity index (χ4n) is 4.15. The van der Waals surface area contributed by atoms with Crippen molar-refractivity contribution in [2.75, 3.05) is 6.61 Å². The number of pyridine rings is 1. The van der Waals surface area contributed by atoms with Crippen molar-refractivity contribution in [1.29, 1.82) is 0 Å². The molecule has 0 spiro atoms. The maximum atomic E-state index is 13.3. The topological polar surface area (TPSA) is 79.7 Å². The van der Waals surface area contributed by atoms with Crippen LogP contribution in [0.1, 0.15) is 42.1 Å². The molecule has 1 aliphatic rings. The van der Waals surface area contributed by atoms with E-state index in [0.29, 0.717) is 23.8 Å². The Hall–Kier alpha value is -3.45. The molecule has 0 saturated carbocycles. The van der Waals surface area contributed by atoms with Gasteiger partial charge in [0.1, 0.15) is 11.5 Å². The number of halogens is 1. The summed E-state index contributed by atoms with van der Waals surface area (Å²) in [6.45, 7) is 6.75. The second-order valence-electron chi connectivity index (χ2n) is 9.02. The van der Waals surface area contributed by atoms with Crippen LogP contribution in [0, 0.1) is 12.8 Å². The number of benzene rings is 2. The van der Waals surface area contributed by atoms with E-state index in [0.717, 1.165) is 21.2 Å². The highest BCUT2D eigenvalue weighted by Gasteiger charge is 2.46. The Balaban J connectivity index is 1.80. The van der Waals surface area contributed by atoms with Crippen molar-refractivity contribution in [3.63, 3.8) is 0 Å². The number of hydrogen-bond acceptors (Lipinski definition) is 5. The summed E-state index contributed by atoms with van der Waals surface area (Å²) in [5.41, 5.74) is 2.81. The van der Waals surface area contributed by atoms with Gasteiger partial charge >= 0.3 is 0 Å². The van der Waals surface area contributed by atoms with Crippen molar-refractivity contribution < 1.29 is 19.4 Å². The highest BCUT2D eigenvalue weighted by atomic mass is 79.9. The van der Waals surface area contributed by atoms with E-state index in [-0.39, 0.29) is 17.9 Å². The molecule has 1 amide bonds. The highest BCUT2D eigenvalue weighted by molar-refractivity contribution is 9.10. The summed E-state index contributed by atoms with van der Waals surface area (Å²) in [5, 5.41) is 11.4. The van der Waals surface area contributed by atoms with Crippen LogP contribution in [0.5, 0.6) is 5.75 Å². The molecule has 0 bridgehead atoms. The van der Waals surface area contributed by atoms with Crippen LogP contribution in [0.4, 0.5) is 0 Å². The molecule has 180 valence electrons. The largest absolute Gasteiger partial charge is 0.507 e. The van der Waals surface area contributed by atoms with Gasteiger partial charge in [0.15, 0.2) is 0 Å². The molecule has 6 nitrogen and oxygen atoms in total. The van der Waals surface area contributed by atoms with Crippen molar-refractivity contribution >= 4 is 33.4 Å². The number of aromatic nitrogens is 1. The van der Waals surface area contributed by atoms with E-state index in [4.69, 9.17) is 4.74 Å². The Labute approximate surface area is 213 Å². The lowest BCUT2D eigenvalue weighted by atomic mass is 9.94. The zero-order valence-electron chi connectivity index (χ0n) is 19.9. The second kappa shape index (κ2) is 10.4. The molecule has 1 fully saturated rings. The first-order valence-electron chi connectivity index (χ1n) is 11.4. The molecule has 0 radical (unpaired) electrons. The third kappa shape index (κ3) is 5.30. The van der Waals surface area contributed by atoms with Crippen LogP contribution in [-0.4, -0.2) is 33.3 Å². The van der Waals surface area contributed by atoms with Crippen molar-refractivity contribution in [2.45, 2.75) is 33.4 Å². The number of carbonyl (C=O) groups excluding carboxylic acids is 2. The lowest BCUT2D eigenvalue weighted by Crippen LogP contribution is -2.29. The monoisotopic (exact) mass is 534 g/mol. The summed E-state index contributed by atoms with van der Waals surface area (Å²) in [6.07, 6.45) is 3.32. The number of aliphatic hydroxyl groups is 1. The highest BCUT2D eigenvalue weighted by Crippen LogP contribution is 2.41. The number of rotatable bonds is 7. The Morgan fingerprint density at radius 2 is 1.94 bits per heavy atom. The van der Waals surface area contributed by atoms with E-state index in [1.807, 2.05) is 43.3 Å². The number of nitrogens with zero attached hydrogens (tertiary/aromatic N) is 2. The molecule has 1 saturated heterocycles. The number of ketones is 1. The van der Waals surface area contributed by atoms with Gasteiger partial charge in [0.05, 0.1) is 18.2 Å². The molecule has 1 atom stereocenters. The average Bonchev–Trinajstić information content (AvgIpc) is 3.08.